The third kappa shape index (κ3) is 8.57. The van der Waals surface area contributed by atoms with Crippen molar-refractivity contribution >= 4 is 29.0 Å². The summed E-state index contributed by atoms with van der Waals surface area (Å²) in [5.74, 6) is 0.218. The quantitative estimate of drug-likeness (QED) is 0.0949. The highest BCUT2D eigenvalue weighted by Crippen LogP contribution is 2.45. The van der Waals surface area contributed by atoms with E-state index in [1.165, 1.54) is 0 Å². The molecule has 0 saturated heterocycles. The monoisotopic (exact) mass is 661 g/mol. The van der Waals surface area contributed by atoms with Crippen LogP contribution in [0.3, 0.4) is 0 Å². The summed E-state index contributed by atoms with van der Waals surface area (Å²) in [6.07, 6.45) is 3.37. The van der Waals surface area contributed by atoms with Crippen molar-refractivity contribution in [2.24, 2.45) is 5.92 Å². The van der Waals surface area contributed by atoms with Crippen molar-refractivity contribution in [2.75, 3.05) is 26.0 Å². The summed E-state index contributed by atoms with van der Waals surface area (Å²) in [6.45, 7) is 12.4. The van der Waals surface area contributed by atoms with Crippen LogP contribution >= 0.6 is 0 Å². The van der Waals surface area contributed by atoms with Crippen LogP contribution in [0.2, 0.25) is 0 Å². The third-order valence-electron chi connectivity index (χ3n) is 9.73. The summed E-state index contributed by atoms with van der Waals surface area (Å²) in [5, 5.41) is 35.1. The van der Waals surface area contributed by atoms with Crippen LogP contribution in [0.5, 0.6) is 0 Å². The molecule has 2 unspecified atom stereocenters. The minimum atomic E-state index is -0.971. The normalized spacial score (nSPS) is 16.8. The molecular formula is C40H51N7O2. The number of rotatable bonds is 14. The van der Waals surface area contributed by atoms with Gasteiger partial charge in [0.05, 0.1) is 18.0 Å². The summed E-state index contributed by atoms with van der Waals surface area (Å²) >= 11 is 0. The molecule has 9 heteroatoms. The molecule has 0 spiro atoms. The number of nitrogens with zero attached hydrogens (tertiary/aromatic N) is 1. The molecule has 3 aromatic carbocycles. The molecule has 1 aliphatic rings. The first kappa shape index (κ1) is 36.9. The van der Waals surface area contributed by atoms with E-state index >= 15 is 0 Å². The lowest BCUT2D eigenvalue weighted by Crippen LogP contribution is -2.48. The lowest BCUT2D eigenvalue weighted by molar-refractivity contribution is -0.120. The number of benzene rings is 3. The van der Waals surface area contributed by atoms with Gasteiger partial charge in [-0.05, 0) is 104 Å². The van der Waals surface area contributed by atoms with Crippen molar-refractivity contribution in [3.8, 4) is 6.07 Å². The number of anilines is 1. The van der Waals surface area contributed by atoms with Gasteiger partial charge >= 0.3 is 0 Å². The molecule has 9 nitrogen and oxygen atoms in total. The number of aryl methyl sites for hydroxylation is 3. The Hall–Kier alpha value is -4.94. The van der Waals surface area contributed by atoms with Crippen molar-refractivity contribution < 1.29 is 9.59 Å². The summed E-state index contributed by atoms with van der Waals surface area (Å²) < 4.78 is 0. The van der Waals surface area contributed by atoms with Gasteiger partial charge in [-0.1, -0.05) is 62.7 Å². The number of hydrogen-bond acceptors (Lipinski definition) is 6. The summed E-state index contributed by atoms with van der Waals surface area (Å²) in [6, 6.07) is 21.5. The van der Waals surface area contributed by atoms with Crippen molar-refractivity contribution in [2.45, 2.75) is 77.3 Å². The van der Waals surface area contributed by atoms with Crippen LogP contribution in [0.15, 0.2) is 67.2 Å². The number of fused-ring (bicyclic) bond motifs is 2. The van der Waals surface area contributed by atoms with Crippen LogP contribution in [0.1, 0.15) is 83.8 Å². The highest BCUT2D eigenvalue weighted by Gasteiger charge is 2.45. The van der Waals surface area contributed by atoms with Gasteiger partial charge < -0.3 is 26.6 Å². The molecule has 6 N–H and O–H groups in total. The minimum absolute atomic E-state index is 0.0327. The van der Waals surface area contributed by atoms with Gasteiger partial charge in [0.15, 0.2) is 0 Å². The van der Waals surface area contributed by atoms with E-state index in [1.54, 1.807) is 7.05 Å². The first-order valence-corrected chi connectivity index (χ1v) is 17.2. The van der Waals surface area contributed by atoms with E-state index in [1.807, 2.05) is 69.4 Å². The Labute approximate surface area is 291 Å². The topological polar surface area (TPSA) is 142 Å². The molecule has 258 valence electrons. The maximum absolute atomic E-state index is 13.0. The predicted molar refractivity (Wildman–Crippen MR) is 199 cm³/mol. The van der Waals surface area contributed by atoms with E-state index in [0.29, 0.717) is 43.0 Å². The van der Waals surface area contributed by atoms with E-state index in [4.69, 9.17) is 0 Å². The lowest BCUT2D eigenvalue weighted by Gasteiger charge is -2.39. The zero-order valence-corrected chi connectivity index (χ0v) is 29.7. The van der Waals surface area contributed by atoms with E-state index in [9.17, 15) is 20.3 Å². The molecule has 0 radical (unpaired) electrons. The van der Waals surface area contributed by atoms with Gasteiger partial charge in [-0.25, -0.2) is 0 Å². The van der Waals surface area contributed by atoms with Gasteiger partial charge in [0.25, 0.3) is 5.91 Å². The largest absolute Gasteiger partial charge is 0.388 e. The number of amidine groups is 1. The average Bonchev–Trinajstić information content (AvgIpc) is 3.24. The summed E-state index contributed by atoms with van der Waals surface area (Å²) in [4.78, 5) is 25.8. The number of nitrogens with one attached hydrogen (secondary N) is 6. The Bertz CT molecular complexity index is 1660. The molecule has 1 aliphatic carbocycles. The maximum atomic E-state index is 13.0. The Morgan fingerprint density at radius 2 is 1.57 bits per heavy atom. The van der Waals surface area contributed by atoms with E-state index in [2.05, 4.69) is 65.2 Å². The predicted octanol–water partition coefficient (Wildman–Crippen LogP) is 5.83. The van der Waals surface area contributed by atoms with E-state index < -0.39 is 11.5 Å². The zero-order chi connectivity index (χ0) is 35.7. The van der Waals surface area contributed by atoms with Gasteiger partial charge in [0, 0.05) is 37.1 Å². The van der Waals surface area contributed by atoms with Crippen molar-refractivity contribution in [1.82, 2.24) is 21.3 Å². The van der Waals surface area contributed by atoms with Crippen LogP contribution in [0.25, 0.3) is 5.70 Å². The molecular weight excluding hydrogens is 610 g/mol. The Morgan fingerprint density at radius 3 is 2.14 bits per heavy atom. The Balaban J connectivity index is 1.81. The number of amides is 2. The summed E-state index contributed by atoms with van der Waals surface area (Å²) in [5.41, 5.74) is 7.31. The third-order valence-corrected chi connectivity index (χ3v) is 9.73. The summed E-state index contributed by atoms with van der Waals surface area (Å²) in [7, 11) is 3.47. The molecule has 0 bridgehead atoms. The second-order valence-corrected chi connectivity index (χ2v) is 13.3. The first-order valence-electron chi connectivity index (χ1n) is 17.2. The van der Waals surface area contributed by atoms with Crippen LogP contribution < -0.4 is 26.6 Å². The van der Waals surface area contributed by atoms with Crippen LogP contribution in [-0.2, 0) is 23.1 Å². The number of hydrogen-bond donors (Lipinski definition) is 6. The number of carbonyl (C=O) groups excluding carboxylic acids is 2. The van der Waals surface area contributed by atoms with E-state index in [0.717, 1.165) is 51.2 Å². The molecule has 0 aliphatic heterocycles. The fourth-order valence-electron chi connectivity index (χ4n) is 6.70. The van der Waals surface area contributed by atoms with Crippen molar-refractivity contribution in [3.63, 3.8) is 0 Å². The molecule has 0 heterocycles. The Kier molecular flexibility index (Phi) is 12.4. The Morgan fingerprint density at radius 1 is 0.959 bits per heavy atom. The molecule has 0 saturated carbocycles. The van der Waals surface area contributed by atoms with Gasteiger partial charge in [-0.15, -0.1) is 0 Å². The van der Waals surface area contributed by atoms with Crippen LogP contribution in [-0.4, -0.2) is 50.4 Å². The van der Waals surface area contributed by atoms with Crippen LogP contribution in [0.4, 0.5) is 5.69 Å². The second kappa shape index (κ2) is 16.4. The SMILES string of the molecule is C=C(NC)c1ccc2c(c1)CCc1cc(C(=O)NC)ccc1C2(C[C@H](C)NCC(=O)NC(C#N)C[C@@H](C)CC)C(=N)Nc1ccc(C)cc1. The van der Waals surface area contributed by atoms with Gasteiger partial charge in [-0.3, -0.25) is 15.0 Å². The first-order chi connectivity index (χ1) is 23.4. The molecule has 4 rings (SSSR count). The molecule has 2 amide bonds. The van der Waals surface area contributed by atoms with Gasteiger partial charge in [0.1, 0.15) is 11.9 Å². The second-order valence-electron chi connectivity index (χ2n) is 13.3. The molecule has 3 aromatic rings. The molecule has 4 atom stereocenters. The number of nitriles is 1. The van der Waals surface area contributed by atoms with Crippen molar-refractivity contribution in [3.05, 3.63) is 106 Å². The van der Waals surface area contributed by atoms with E-state index in [-0.39, 0.29) is 24.4 Å². The highest BCUT2D eigenvalue weighted by atomic mass is 16.2. The van der Waals surface area contributed by atoms with Gasteiger partial charge in [-0.2, -0.15) is 5.26 Å². The zero-order valence-electron chi connectivity index (χ0n) is 29.7. The standard InChI is InChI=1S/C40H51N7O2/c1-8-25(2)19-34(23-41)46-37(48)24-45-27(4)22-40(39(42)47-33-15-9-26(3)10-16-33)35-17-13-29(28(5)43-6)20-30(35)11-12-31-21-32(38(49)44-7)14-18-36(31)40/h9-10,13-18,20-21,25,27,34,43,45H,5,8,11-12,19,22,24H2,1-4,6-7H3,(H2,42,47)(H,44,49)(H,46,48)/t25-,27-,34?,40?/m0/s1. The highest BCUT2D eigenvalue weighted by molar-refractivity contribution is 6.05. The maximum Gasteiger partial charge on any atom is 0.251 e. The number of carbonyl (C=O) groups is 2. The molecule has 0 aromatic heterocycles. The fourth-order valence-corrected chi connectivity index (χ4v) is 6.70. The van der Waals surface area contributed by atoms with Gasteiger partial charge in [0.2, 0.25) is 5.91 Å². The minimum Gasteiger partial charge on any atom is -0.388 e. The molecule has 49 heavy (non-hydrogen) atoms. The van der Waals surface area contributed by atoms with Crippen molar-refractivity contribution in [1.29, 1.82) is 10.7 Å². The molecule has 0 fully saturated rings. The average molecular weight is 662 g/mol. The lowest BCUT2D eigenvalue weighted by atomic mass is 9.67. The van der Waals surface area contributed by atoms with Crippen LogP contribution in [0, 0.1) is 29.6 Å². The fraction of sp³-hybridized carbons (Fsp3) is 0.400. The smallest absolute Gasteiger partial charge is 0.251 e.